The number of rotatable bonds is 10. The Balaban J connectivity index is 2.29. The van der Waals surface area contributed by atoms with Crippen molar-refractivity contribution in [3.63, 3.8) is 0 Å². The molecule has 2 atom stereocenters. The molecule has 4 N–H and O–H groups in total. The molecule has 1 aromatic heterocycles. The number of non-ortho nitro benzene ring substituents is 1. The van der Waals surface area contributed by atoms with Gasteiger partial charge in [0.05, 0.1) is 34.9 Å². The zero-order valence-corrected chi connectivity index (χ0v) is 16.8. The van der Waals surface area contributed by atoms with Crippen LogP contribution in [-0.2, 0) is 16.1 Å². The van der Waals surface area contributed by atoms with E-state index < -0.39 is 17.0 Å². The summed E-state index contributed by atoms with van der Waals surface area (Å²) in [5.74, 6) is -0.700. The van der Waals surface area contributed by atoms with Crippen LogP contribution >= 0.6 is 11.8 Å². The second kappa shape index (κ2) is 10.2. The highest BCUT2D eigenvalue weighted by Gasteiger charge is 2.19. The average molecular weight is 425 g/mol. The minimum absolute atomic E-state index is 0.00951. The lowest BCUT2D eigenvalue weighted by Gasteiger charge is -2.13. The first kappa shape index (κ1) is 22.6. The Morgan fingerprint density at radius 1 is 1.21 bits per heavy atom. The van der Waals surface area contributed by atoms with E-state index in [0.29, 0.717) is 16.2 Å². The number of aromatic nitrogens is 2. The van der Waals surface area contributed by atoms with E-state index in [2.05, 4.69) is 15.6 Å². The molecule has 2 amide bonds. The number of hydrogen-bond acceptors (Lipinski definition) is 8. The van der Waals surface area contributed by atoms with Gasteiger partial charge in [-0.05, 0) is 19.9 Å². The normalized spacial score (nSPS) is 13.1. The number of nitrogens with zero attached hydrogens (tertiary/aromatic N) is 3. The molecule has 0 fully saturated rings. The Kier molecular flexibility index (Phi) is 7.93. The maximum Gasteiger partial charge on any atom is 0.271 e. The number of nitro groups is 1. The van der Waals surface area contributed by atoms with Crippen molar-refractivity contribution in [3.8, 4) is 0 Å². The van der Waals surface area contributed by atoms with Crippen molar-refractivity contribution in [3.05, 3.63) is 28.3 Å². The molecule has 1 aromatic carbocycles. The Morgan fingerprint density at radius 2 is 1.83 bits per heavy atom. The predicted molar refractivity (Wildman–Crippen MR) is 106 cm³/mol. The molecule has 0 aliphatic rings. The van der Waals surface area contributed by atoms with E-state index in [1.165, 1.54) is 18.2 Å². The number of imidazole rings is 1. The summed E-state index contributed by atoms with van der Waals surface area (Å²) < 4.78 is 1.56. The van der Waals surface area contributed by atoms with Crippen molar-refractivity contribution in [1.29, 1.82) is 0 Å². The number of hydrogen-bond donors (Lipinski definition) is 4. The molecule has 0 saturated heterocycles. The lowest BCUT2D eigenvalue weighted by molar-refractivity contribution is -0.384. The zero-order valence-electron chi connectivity index (χ0n) is 16.0. The quantitative estimate of drug-likeness (QED) is 0.236. The molecule has 2 rings (SSSR count). The number of thioether (sulfide) groups is 1. The van der Waals surface area contributed by atoms with Crippen molar-refractivity contribution in [2.24, 2.45) is 0 Å². The first-order chi connectivity index (χ1) is 13.7. The van der Waals surface area contributed by atoms with Crippen LogP contribution in [0.3, 0.4) is 0 Å². The van der Waals surface area contributed by atoms with Gasteiger partial charge in [-0.2, -0.15) is 0 Å². The van der Waals surface area contributed by atoms with Gasteiger partial charge in [0, 0.05) is 24.2 Å². The van der Waals surface area contributed by atoms with Crippen LogP contribution in [0.2, 0.25) is 0 Å². The molecule has 158 valence electrons. The Hall–Kier alpha value is -2.70. The second-order valence-electron chi connectivity index (χ2n) is 6.50. The molecule has 11 nitrogen and oxygen atoms in total. The Labute approximate surface area is 170 Å². The smallest absolute Gasteiger partial charge is 0.271 e. The summed E-state index contributed by atoms with van der Waals surface area (Å²) in [5.41, 5.74) is 0.703. The lowest BCUT2D eigenvalue weighted by atomic mass is 10.3. The van der Waals surface area contributed by atoms with Crippen molar-refractivity contribution >= 4 is 40.3 Å². The van der Waals surface area contributed by atoms with Gasteiger partial charge in [0.25, 0.3) is 5.69 Å². The molecule has 0 bridgehead atoms. The van der Waals surface area contributed by atoms with Crippen molar-refractivity contribution in [1.82, 2.24) is 20.2 Å². The molecule has 0 aliphatic heterocycles. The van der Waals surface area contributed by atoms with Crippen LogP contribution in [0.15, 0.2) is 23.4 Å². The number of benzene rings is 1. The highest BCUT2D eigenvalue weighted by molar-refractivity contribution is 7.99. The molecule has 0 saturated carbocycles. The first-order valence-electron chi connectivity index (χ1n) is 8.83. The van der Waals surface area contributed by atoms with E-state index in [-0.39, 0.29) is 43.0 Å². The lowest BCUT2D eigenvalue weighted by Crippen LogP contribution is -2.37. The summed E-state index contributed by atoms with van der Waals surface area (Å²) in [4.78, 5) is 39.1. The fourth-order valence-electron chi connectivity index (χ4n) is 2.47. The van der Waals surface area contributed by atoms with Crippen LogP contribution in [-0.4, -0.2) is 67.6 Å². The predicted octanol–water partition coefficient (Wildman–Crippen LogP) is 0.0306. The third-order valence-electron chi connectivity index (χ3n) is 3.90. The summed E-state index contributed by atoms with van der Waals surface area (Å²) >= 11 is 1.07. The number of carbonyl (C=O) groups is 2. The van der Waals surface area contributed by atoms with Gasteiger partial charge >= 0.3 is 0 Å². The fraction of sp³-hybridized carbons (Fsp3) is 0.471. The molecule has 12 heteroatoms. The molecule has 1 heterocycles. The van der Waals surface area contributed by atoms with Gasteiger partial charge in [-0.1, -0.05) is 11.8 Å². The summed E-state index contributed by atoms with van der Waals surface area (Å²) in [7, 11) is 0. The van der Waals surface area contributed by atoms with Gasteiger partial charge in [-0.15, -0.1) is 0 Å². The molecular weight excluding hydrogens is 402 g/mol. The summed E-state index contributed by atoms with van der Waals surface area (Å²) in [6.07, 6.45) is 0. The van der Waals surface area contributed by atoms with Crippen LogP contribution in [0.1, 0.15) is 13.8 Å². The highest BCUT2D eigenvalue weighted by Crippen LogP contribution is 2.27. The number of aliphatic hydroxyl groups is 2. The Bertz CT molecular complexity index is 902. The van der Waals surface area contributed by atoms with Crippen molar-refractivity contribution < 1.29 is 24.7 Å². The second-order valence-corrected chi connectivity index (χ2v) is 7.44. The van der Waals surface area contributed by atoms with E-state index in [1.54, 1.807) is 18.4 Å². The molecule has 0 unspecified atom stereocenters. The average Bonchev–Trinajstić information content (AvgIpc) is 3.02. The SMILES string of the molecule is C[C@H](CO)NC(=O)CSc1nc2cc([N+](=O)[O-])ccc2n1CC(=O)N[C@@H](C)CO. The van der Waals surface area contributed by atoms with Crippen molar-refractivity contribution in [2.75, 3.05) is 19.0 Å². The number of amides is 2. The summed E-state index contributed by atoms with van der Waals surface area (Å²) in [6.45, 7) is 2.77. The number of aliphatic hydroxyl groups excluding tert-OH is 2. The molecule has 0 radical (unpaired) electrons. The zero-order chi connectivity index (χ0) is 21.6. The fourth-order valence-corrected chi connectivity index (χ4v) is 3.30. The number of nitro benzene ring substituents is 1. The van der Waals surface area contributed by atoms with E-state index in [9.17, 15) is 19.7 Å². The van der Waals surface area contributed by atoms with Crippen LogP contribution in [0.5, 0.6) is 0 Å². The third-order valence-corrected chi connectivity index (χ3v) is 4.88. The van der Waals surface area contributed by atoms with Crippen LogP contribution in [0, 0.1) is 10.1 Å². The van der Waals surface area contributed by atoms with Crippen molar-refractivity contribution in [2.45, 2.75) is 37.6 Å². The Morgan fingerprint density at radius 3 is 2.41 bits per heavy atom. The van der Waals surface area contributed by atoms with Gasteiger partial charge in [-0.3, -0.25) is 19.7 Å². The topological polar surface area (TPSA) is 160 Å². The van der Waals surface area contributed by atoms with Gasteiger partial charge in [-0.25, -0.2) is 4.98 Å². The van der Waals surface area contributed by atoms with Gasteiger partial charge in [0.2, 0.25) is 11.8 Å². The van der Waals surface area contributed by atoms with E-state index in [4.69, 9.17) is 10.2 Å². The maximum atomic E-state index is 12.3. The van der Waals surface area contributed by atoms with Crippen LogP contribution in [0.25, 0.3) is 11.0 Å². The van der Waals surface area contributed by atoms with Gasteiger partial charge < -0.3 is 25.4 Å². The van der Waals surface area contributed by atoms with E-state index in [0.717, 1.165) is 11.8 Å². The first-order valence-corrected chi connectivity index (χ1v) is 9.81. The minimum atomic E-state index is -0.537. The van der Waals surface area contributed by atoms with Crippen LogP contribution in [0.4, 0.5) is 5.69 Å². The molecule has 0 aliphatic carbocycles. The monoisotopic (exact) mass is 425 g/mol. The van der Waals surface area contributed by atoms with Gasteiger partial charge in [0.15, 0.2) is 5.16 Å². The van der Waals surface area contributed by atoms with E-state index >= 15 is 0 Å². The van der Waals surface area contributed by atoms with Crippen LogP contribution < -0.4 is 10.6 Å². The highest BCUT2D eigenvalue weighted by atomic mass is 32.2. The minimum Gasteiger partial charge on any atom is -0.394 e. The molecule has 29 heavy (non-hydrogen) atoms. The number of carbonyl (C=O) groups excluding carboxylic acids is 2. The third kappa shape index (κ3) is 6.14. The van der Waals surface area contributed by atoms with Gasteiger partial charge in [0.1, 0.15) is 6.54 Å². The summed E-state index contributed by atoms with van der Waals surface area (Å²) in [6, 6.07) is 3.30. The largest absolute Gasteiger partial charge is 0.394 e. The van der Waals surface area contributed by atoms with E-state index in [1.807, 2.05) is 0 Å². The molecular formula is C17H23N5O6S. The maximum absolute atomic E-state index is 12.3. The standard InChI is InChI=1S/C17H23N5O6S/c1-10(7-23)18-15(25)6-21-14-4-3-12(22(27)28)5-13(14)20-17(21)29-9-16(26)19-11(2)8-24/h3-5,10-11,23-24H,6-9H2,1-2H3,(H,18,25)(H,19,26)/t10-,11+/m0/s1. The number of fused-ring (bicyclic) bond motifs is 1. The number of nitrogens with one attached hydrogen (secondary N) is 2. The summed E-state index contributed by atoms with van der Waals surface area (Å²) in [5, 5.41) is 34.7. The molecule has 0 spiro atoms. The molecule has 2 aromatic rings.